The van der Waals surface area contributed by atoms with Gasteiger partial charge in [-0.15, -0.1) is 0 Å². The van der Waals surface area contributed by atoms with Crippen LogP contribution < -0.4 is 0 Å². The third-order valence-electron chi connectivity index (χ3n) is 4.25. The maximum atomic E-state index is 11.6. The van der Waals surface area contributed by atoms with Crippen molar-refractivity contribution in [3.8, 4) is 0 Å². The Balaban J connectivity index is 2.51. The largest absolute Gasteiger partial charge is 0.466 e. The van der Waals surface area contributed by atoms with Gasteiger partial charge < -0.3 is 9.84 Å². The van der Waals surface area contributed by atoms with Crippen LogP contribution in [0.3, 0.4) is 0 Å². The molecule has 0 fully saturated rings. The second-order valence-corrected chi connectivity index (χ2v) is 6.55. The maximum absolute atomic E-state index is 11.6. The summed E-state index contributed by atoms with van der Waals surface area (Å²) in [5.41, 5.74) is 0.334. The summed E-state index contributed by atoms with van der Waals surface area (Å²) in [5.74, 6) is 0.362. The zero-order chi connectivity index (χ0) is 15.7. The monoisotopic (exact) mass is 296 g/mol. The van der Waals surface area contributed by atoms with Gasteiger partial charge in [-0.1, -0.05) is 51.2 Å². The lowest BCUT2D eigenvalue weighted by atomic mass is 9.81. The molecule has 0 radical (unpaired) electrons. The number of carbonyl (C=O) groups is 1. The average molecular weight is 296 g/mol. The molecule has 122 valence electrons. The van der Waals surface area contributed by atoms with Crippen LogP contribution in [0.25, 0.3) is 0 Å². The number of ether oxygens (including phenoxy) is 1. The second kappa shape index (κ2) is 9.24. The highest BCUT2D eigenvalue weighted by molar-refractivity contribution is 5.71. The number of allylic oxidation sites excluding steroid dienone is 1. The Kier molecular flexibility index (Phi) is 8.02. The molecule has 2 atom stereocenters. The molecule has 21 heavy (non-hydrogen) atoms. The Bertz CT molecular complexity index is 348. The first kappa shape index (κ1) is 18.2. The van der Waals surface area contributed by atoms with Crippen LogP contribution in [0.5, 0.6) is 0 Å². The fourth-order valence-electron chi connectivity index (χ4n) is 3.20. The van der Waals surface area contributed by atoms with Gasteiger partial charge in [0.15, 0.2) is 0 Å². The first-order chi connectivity index (χ1) is 9.99. The van der Waals surface area contributed by atoms with Crippen LogP contribution in [0, 0.1) is 5.92 Å². The van der Waals surface area contributed by atoms with E-state index < -0.39 is 5.60 Å². The summed E-state index contributed by atoms with van der Waals surface area (Å²) in [7, 11) is 0. The van der Waals surface area contributed by atoms with Crippen LogP contribution in [-0.2, 0) is 9.53 Å². The molecule has 0 aromatic heterocycles. The van der Waals surface area contributed by atoms with E-state index in [1.165, 1.54) is 31.3 Å². The Hall–Kier alpha value is -0.830. The zero-order valence-corrected chi connectivity index (χ0v) is 14.0. The van der Waals surface area contributed by atoms with Gasteiger partial charge in [-0.25, -0.2) is 0 Å². The molecular weight excluding hydrogens is 264 g/mol. The van der Waals surface area contributed by atoms with Crippen molar-refractivity contribution in [1.82, 2.24) is 0 Å². The van der Waals surface area contributed by atoms with Gasteiger partial charge in [0.05, 0.1) is 18.6 Å². The highest BCUT2D eigenvalue weighted by atomic mass is 16.5. The van der Waals surface area contributed by atoms with E-state index in [4.69, 9.17) is 4.74 Å². The highest BCUT2D eigenvalue weighted by Gasteiger charge is 2.31. The lowest BCUT2D eigenvalue weighted by molar-refractivity contribution is -0.147. The zero-order valence-electron chi connectivity index (χ0n) is 14.0. The lowest BCUT2D eigenvalue weighted by Crippen LogP contribution is -2.33. The van der Waals surface area contributed by atoms with Crippen molar-refractivity contribution in [3.05, 3.63) is 11.6 Å². The molecule has 2 unspecified atom stereocenters. The van der Waals surface area contributed by atoms with Crippen molar-refractivity contribution >= 4 is 5.97 Å². The van der Waals surface area contributed by atoms with Crippen LogP contribution in [0.15, 0.2) is 11.6 Å². The predicted molar refractivity (Wildman–Crippen MR) is 86.1 cm³/mol. The Morgan fingerprint density at radius 1 is 1.43 bits per heavy atom. The van der Waals surface area contributed by atoms with E-state index >= 15 is 0 Å². The number of aliphatic hydroxyl groups is 1. The van der Waals surface area contributed by atoms with Crippen molar-refractivity contribution in [1.29, 1.82) is 0 Å². The van der Waals surface area contributed by atoms with Gasteiger partial charge in [-0.05, 0) is 38.5 Å². The number of carbonyl (C=O) groups excluding carboxylic acids is 1. The van der Waals surface area contributed by atoms with Gasteiger partial charge in [0, 0.05) is 0 Å². The number of hydrogen-bond acceptors (Lipinski definition) is 3. The molecule has 0 aliphatic heterocycles. The summed E-state index contributed by atoms with van der Waals surface area (Å²) in [6, 6.07) is 0. The SMILES string of the molecule is CCCCCC(C)CC1=CC(O)(CC(=O)OCC)CCC1. The summed E-state index contributed by atoms with van der Waals surface area (Å²) in [4.78, 5) is 11.6. The first-order valence-corrected chi connectivity index (χ1v) is 8.57. The van der Waals surface area contributed by atoms with Crippen LogP contribution in [-0.4, -0.2) is 23.3 Å². The fourth-order valence-corrected chi connectivity index (χ4v) is 3.20. The lowest BCUT2D eigenvalue weighted by Gasteiger charge is -2.30. The van der Waals surface area contributed by atoms with Crippen LogP contribution in [0.2, 0.25) is 0 Å². The van der Waals surface area contributed by atoms with Gasteiger partial charge in [0.25, 0.3) is 0 Å². The Morgan fingerprint density at radius 3 is 2.86 bits per heavy atom. The van der Waals surface area contributed by atoms with E-state index in [1.807, 2.05) is 6.08 Å². The summed E-state index contributed by atoms with van der Waals surface area (Å²) in [6.45, 7) is 6.68. The van der Waals surface area contributed by atoms with Crippen molar-refractivity contribution in [2.24, 2.45) is 5.92 Å². The predicted octanol–water partition coefficient (Wildman–Crippen LogP) is 4.39. The minimum Gasteiger partial charge on any atom is -0.466 e. The molecular formula is C18H32O3. The van der Waals surface area contributed by atoms with Gasteiger partial charge >= 0.3 is 5.97 Å². The first-order valence-electron chi connectivity index (χ1n) is 8.57. The fraction of sp³-hybridized carbons (Fsp3) is 0.833. The molecule has 3 heteroatoms. The van der Waals surface area contributed by atoms with Gasteiger partial charge in [0.2, 0.25) is 0 Å². The number of unbranched alkanes of at least 4 members (excludes halogenated alkanes) is 2. The number of hydrogen-bond donors (Lipinski definition) is 1. The molecule has 1 aliphatic carbocycles. The standard InChI is InChI=1S/C18H32O3/c1-4-6-7-9-15(3)12-16-10-8-11-18(20,13-16)14-17(19)21-5-2/h13,15,20H,4-12,14H2,1-3H3. The molecule has 0 saturated heterocycles. The van der Waals surface area contributed by atoms with Gasteiger partial charge in [-0.3, -0.25) is 4.79 Å². The minimum absolute atomic E-state index is 0.0918. The summed E-state index contributed by atoms with van der Waals surface area (Å²) in [5, 5.41) is 10.6. The molecule has 1 N–H and O–H groups in total. The number of esters is 1. The van der Waals surface area contributed by atoms with Crippen molar-refractivity contribution in [3.63, 3.8) is 0 Å². The van der Waals surface area contributed by atoms with E-state index in [0.29, 0.717) is 18.9 Å². The van der Waals surface area contributed by atoms with Crippen molar-refractivity contribution < 1.29 is 14.6 Å². The van der Waals surface area contributed by atoms with Gasteiger partial charge in [0.1, 0.15) is 0 Å². The molecule has 0 bridgehead atoms. The average Bonchev–Trinajstić information content (AvgIpc) is 2.38. The molecule has 0 aromatic carbocycles. The summed E-state index contributed by atoms with van der Waals surface area (Å²) < 4.78 is 4.96. The Labute approximate surface area is 129 Å². The maximum Gasteiger partial charge on any atom is 0.309 e. The normalized spacial score (nSPS) is 23.5. The molecule has 1 aliphatic rings. The quantitative estimate of drug-likeness (QED) is 0.390. The van der Waals surface area contributed by atoms with E-state index in [2.05, 4.69) is 13.8 Å². The molecule has 0 heterocycles. The van der Waals surface area contributed by atoms with Crippen LogP contribution in [0.1, 0.15) is 78.6 Å². The molecule has 3 nitrogen and oxygen atoms in total. The Morgan fingerprint density at radius 2 is 2.19 bits per heavy atom. The molecule has 0 saturated carbocycles. The smallest absolute Gasteiger partial charge is 0.309 e. The summed E-state index contributed by atoms with van der Waals surface area (Å²) in [6.07, 6.45) is 10.9. The summed E-state index contributed by atoms with van der Waals surface area (Å²) >= 11 is 0. The van der Waals surface area contributed by atoms with E-state index in [0.717, 1.165) is 19.3 Å². The third kappa shape index (κ3) is 7.12. The molecule has 1 rings (SSSR count). The van der Waals surface area contributed by atoms with Crippen LogP contribution in [0.4, 0.5) is 0 Å². The van der Waals surface area contributed by atoms with Crippen LogP contribution >= 0.6 is 0 Å². The molecule has 0 amide bonds. The van der Waals surface area contributed by atoms with Gasteiger partial charge in [-0.2, -0.15) is 0 Å². The van der Waals surface area contributed by atoms with Crippen molar-refractivity contribution in [2.75, 3.05) is 6.61 Å². The molecule has 0 aromatic rings. The van der Waals surface area contributed by atoms with E-state index in [1.54, 1.807) is 6.92 Å². The minimum atomic E-state index is -0.983. The van der Waals surface area contributed by atoms with E-state index in [9.17, 15) is 9.90 Å². The topological polar surface area (TPSA) is 46.5 Å². The number of rotatable bonds is 9. The van der Waals surface area contributed by atoms with E-state index in [-0.39, 0.29) is 12.4 Å². The molecule has 0 spiro atoms. The van der Waals surface area contributed by atoms with Crippen molar-refractivity contribution in [2.45, 2.75) is 84.2 Å². The highest BCUT2D eigenvalue weighted by Crippen LogP contribution is 2.33. The second-order valence-electron chi connectivity index (χ2n) is 6.55. The third-order valence-corrected chi connectivity index (χ3v) is 4.25.